The third-order valence-corrected chi connectivity index (χ3v) is 2.97. The van der Waals surface area contributed by atoms with Gasteiger partial charge in [0.25, 0.3) is 5.91 Å². The van der Waals surface area contributed by atoms with Crippen LogP contribution in [0, 0.1) is 0 Å². The van der Waals surface area contributed by atoms with Crippen LogP contribution in [0.2, 0.25) is 0 Å². The van der Waals surface area contributed by atoms with Gasteiger partial charge in [0.05, 0.1) is 5.56 Å². The highest BCUT2D eigenvalue weighted by Crippen LogP contribution is 2.20. The molecule has 1 atom stereocenters. The molecule has 1 amide bonds. The number of aromatic nitrogens is 2. The molecular formula is C14H18N4O3. The van der Waals surface area contributed by atoms with Crippen LogP contribution in [0.25, 0.3) is 0 Å². The lowest BCUT2D eigenvalue weighted by molar-refractivity contribution is 0.0933. The molecule has 7 nitrogen and oxygen atoms in total. The largest absolute Gasteiger partial charge is 0.508 e. The number of nitrogens with one attached hydrogen (secondary N) is 1. The van der Waals surface area contributed by atoms with Gasteiger partial charge in [0, 0.05) is 11.6 Å². The van der Waals surface area contributed by atoms with Gasteiger partial charge in [-0.1, -0.05) is 19.0 Å². The molecule has 0 radical (unpaired) electrons. The minimum absolute atomic E-state index is 0.0260. The standard InChI is InChI=1S/C14H18N4O3/c1-7(2)12-17-14(21-18-12)8(3)16-13(20)10-6-9(19)4-5-11(10)15/h4-8,19H,15H2,1-3H3,(H,16,20). The fraction of sp³-hybridized carbons (Fsp3) is 0.357. The van der Waals surface area contributed by atoms with Crippen LogP contribution in [0.1, 0.15) is 54.8 Å². The zero-order valence-electron chi connectivity index (χ0n) is 12.1. The summed E-state index contributed by atoms with van der Waals surface area (Å²) in [5, 5.41) is 16.0. The fourth-order valence-electron chi connectivity index (χ4n) is 1.73. The van der Waals surface area contributed by atoms with Crippen molar-refractivity contribution in [3.63, 3.8) is 0 Å². The second kappa shape index (κ2) is 5.82. The van der Waals surface area contributed by atoms with Gasteiger partial charge in [-0.3, -0.25) is 4.79 Å². The van der Waals surface area contributed by atoms with Crippen LogP contribution < -0.4 is 11.1 Å². The number of hydrogen-bond acceptors (Lipinski definition) is 6. The van der Waals surface area contributed by atoms with Gasteiger partial charge < -0.3 is 20.7 Å². The molecule has 4 N–H and O–H groups in total. The molecule has 1 aromatic carbocycles. The van der Waals surface area contributed by atoms with Crippen LogP contribution in [-0.2, 0) is 0 Å². The highest BCUT2D eigenvalue weighted by Gasteiger charge is 2.19. The first-order valence-electron chi connectivity index (χ1n) is 6.61. The maximum Gasteiger partial charge on any atom is 0.254 e. The number of nitrogen functional groups attached to an aromatic ring is 1. The van der Waals surface area contributed by atoms with E-state index < -0.39 is 11.9 Å². The van der Waals surface area contributed by atoms with Crippen LogP contribution in [-0.4, -0.2) is 21.2 Å². The lowest BCUT2D eigenvalue weighted by atomic mass is 10.1. The molecule has 2 rings (SSSR count). The zero-order chi connectivity index (χ0) is 15.6. The smallest absolute Gasteiger partial charge is 0.254 e. The Balaban J connectivity index is 2.12. The highest BCUT2D eigenvalue weighted by atomic mass is 16.5. The summed E-state index contributed by atoms with van der Waals surface area (Å²) in [6.07, 6.45) is 0. The number of carbonyl (C=O) groups excluding carboxylic acids is 1. The summed E-state index contributed by atoms with van der Waals surface area (Å²) in [6.45, 7) is 5.63. The lowest BCUT2D eigenvalue weighted by Crippen LogP contribution is -2.27. The van der Waals surface area contributed by atoms with Crippen molar-refractivity contribution in [2.45, 2.75) is 32.7 Å². The van der Waals surface area contributed by atoms with Crippen molar-refractivity contribution < 1.29 is 14.4 Å². The highest BCUT2D eigenvalue weighted by molar-refractivity contribution is 5.99. The monoisotopic (exact) mass is 290 g/mol. The summed E-state index contributed by atoms with van der Waals surface area (Å²) in [6, 6.07) is 3.74. The Morgan fingerprint density at radius 2 is 2.10 bits per heavy atom. The molecule has 0 aliphatic heterocycles. The topological polar surface area (TPSA) is 114 Å². The van der Waals surface area contributed by atoms with Gasteiger partial charge in [-0.25, -0.2) is 0 Å². The van der Waals surface area contributed by atoms with Crippen molar-refractivity contribution in [2.24, 2.45) is 0 Å². The van der Waals surface area contributed by atoms with E-state index in [1.807, 2.05) is 13.8 Å². The van der Waals surface area contributed by atoms with E-state index in [1.54, 1.807) is 6.92 Å². The van der Waals surface area contributed by atoms with Gasteiger partial charge in [-0.15, -0.1) is 0 Å². The first kappa shape index (κ1) is 14.8. The number of aromatic hydroxyl groups is 1. The number of amides is 1. The molecule has 0 fully saturated rings. The number of carbonyl (C=O) groups is 1. The van der Waals surface area contributed by atoms with E-state index in [4.69, 9.17) is 10.3 Å². The number of nitrogens with two attached hydrogens (primary N) is 1. The van der Waals surface area contributed by atoms with Crippen LogP contribution in [0.5, 0.6) is 5.75 Å². The number of benzene rings is 1. The SMILES string of the molecule is CC(C)c1noc(C(C)NC(=O)c2cc(O)ccc2N)n1. The first-order valence-corrected chi connectivity index (χ1v) is 6.61. The molecule has 0 saturated heterocycles. The van der Waals surface area contributed by atoms with E-state index in [1.165, 1.54) is 18.2 Å². The van der Waals surface area contributed by atoms with Crippen molar-refractivity contribution in [2.75, 3.05) is 5.73 Å². The minimum Gasteiger partial charge on any atom is -0.508 e. The number of hydrogen-bond donors (Lipinski definition) is 3. The van der Waals surface area contributed by atoms with Gasteiger partial charge in [-0.05, 0) is 25.1 Å². The van der Waals surface area contributed by atoms with E-state index in [0.29, 0.717) is 11.7 Å². The molecule has 2 aromatic rings. The summed E-state index contributed by atoms with van der Waals surface area (Å²) in [4.78, 5) is 16.4. The van der Waals surface area contributed by atoms with E-state index in [2.05, 4.69) is 15.5 Å². The molecule has 0 saturated carbocycles. The molecule has 1 heterocycles. The zero-order valence-corrected chi connectivity index (χ0v) is 12.1. The molecule has 112 valence electrons. The van der Waals surface area contributed by atoms with Crippen LogP contribution >= 0.6 is 0 Å². The Morgan fingerprint density at radius 3 is 2.71 bits per heavy atom. The van der Waals surface area contributed by atoms with Crippen LogP contribution in [0.15, 0.2) is 22.7 Å². The second-order valence-electron chi connectivity index (χ2n) is 5.11. The van der Waals surface area contributed by atoms with Crippen molar-refractivity contribution >= 4 is 11.6 Å². The number of anilines is 1. The molecule has 0 aliphatic carbocycles. The van der Waals surface area contributed by atoms with E-state index in [9.17, 15) is 9.90 Å². The molecule has 0 aliphatic rings. The van der Waals surface area contributed by atoms with Gasteiger partial charge in [-0.2, -0.15) is 4.98 Å². The Morgan fingerprint density at radius 1 is 1.38 bits per heavy atom. The van der Waals surface area contributed by atoms with E-state index in [-0.39, 0.29) is 22.9 Å². The fourth-order valence-corrected chi connectivity index (χ4v) is 1.73. The first-order chi connectivity index (χ1) is 9.88. The Hall–Kier alpha value is -2.57. The van der Waals surface area contributed by atoms with Crippen LogP contribution in [0.4, 0.5) is 5.69 Å². The average molecular weight is 290 g/mol. The molecule has 1 aromatic heterocycles. The number of rotatable bonds is 4. The van der Waals surface area contributed by atoms with E-state index in [0.717, 1.165) is 0 Å². The lowest BCUT2D eigenvalue weighted by Gasteiger charge is -2.11. The number of nitrogens with zero attached hydrogens (tertiary/aromatic N) is 2. The van der Waals surface area contributed by atoms with Gasteiger partial charge in [0.15, 0.2) is 5.82 Å². The normalized spacial score (nSPS) is 12.4. The van der Waals surface area contributed by atoms with Crippen molar-refractivity contribution in [1.82, 2.24) is 15.5 Å². The third kappa shape index (κ3) is 3.31. The van der Waals surface area contributed by atoms with Crippen molar-refractivity contribution in [1.29, 1.82) is 0 Å². The summed E-state index contributed by atoms with van der Waals surface area (Å²) >= 11 is 0. The predicted octanol–water partition coefficient (Wildman–Crippen LogP) is 1.97. The maximum absolute atomic E-state index is 12.2. The van der Waals surface area contributed by atoms with Gasteiger partial charge in [0.2, 0.25) is 5.89 Å². The summed E-state index contributed by atoms with van der Waals surface area (Å²) in [7, 11) is 0. The van der Waals surface area contributed by atoms with E-state index >= 15 is 0 Å². The molecular weight excluding hydrogens is 272 g/mol. The minimum atomic E-state index is -0.459. The van der Waals surface area contributed by atoms with Gasteiger partial charge >= 0.3 is 0 Å². The van der Waals surface area contributed by atoms with Gasteiger partial charge in [0.1, 0.15) is 11.8 Å². The number of phenols is 1. The molecule has 21 heavy (non-hydrogen) atoms. The molecule has 1 unspecified atom stereocenters. The molecule has 0 spiro atoms. The molecule has 0 bridgehead atoms. The van der Waals surface area contributed by atoms with Crippen molar-refractivity contribution in [3.05, 3.63) is 35.5 Å². The maximum atomic E-state index is 12.2. The second-order valence-corrected chi connectivity index (χ2v) is 5.11. The molecule has 7 heteroatoms. The van der Waals surface area contributed by atoms with Crippen molar-refractivity contribution in [3.8, 4) is 5.75 Å². The Kier molecular flexibility index (Phi) is 4.11. The summed E-state index contributed by atoms with van der Waals surface area (Å²) < 4.78 is 5.12. The quantitative estimate of drug-likeness (QED) is 0.586. The number of phenolic OH excluding ortho intramolecular Hbond substituents is 1. The van der Waals surface area contributed by atoms with Crippen LogP contribution in [0.3, 0.4) is 0 Å². The predicted molar refractivity (Wildman–Crippen MR) is 76.8 cm³/mol. The average Bonchev–Trinajstić information content (AvgIpc) is 2.91. The summed E-state index contributed by atoms with van der Waals surface area (Å²) in [5.74, 6) is 0.614. The Bertz CT molecular complexity index is 651. The third-order valence-electron chi connectivity index (χ3n) is 2.97. The summed E-state index contributed by atoms with van der Waals surface area (Å²) in [5.41, 5.74) is 6.21. The Labute approximate surface area is 122 Å².